The van der Waals surface area contributed by atoms with Gasteiger partial charge in [0, 0.05) is 0 Å². The second kappa shape index (κ2) is 11.6. The van der Waals surface area contributed by atoms with Crippen LogP contribution in [-0.4, -0.2) is 168 Å². The molecule has 16 heteroatoms. The SMILES string of the molecule is OCC1OC(OC2OC(CO)C(O)C(O)C2OC2OC(CO)C(O)C(O)C2O)C(O)C(O)C1O. The highest BCUT2D eigenvalue weighted by atomic mass is 16.8. The van der Waals surface area contributed by atoms with Crippen LogP contribution < -0.4 is 0 Å². The fourth-order valence-electron chi connectivity index (χ4n) is 3.96. The maximum atomic E-state index is 10.6. The molecule has 200 valence electrons. The lowest BCUT2D eigenvalue weighted by Crippen LogP contribution is -2.66. The molecule has 16 nitrogen and oxygen atoms in total. The molecule has 3 fully saturated rings. The fourth-order valence-corrected chi connectivity index (χ4v) is 3.96. The number of aliphatic hydroxyl groups excluding tert-OH is 11. The molecule has 3 heterocycles. The Morgan fingerprint density at radius 3 is 1.18 bits per heavy atom. The van der Waals surface area contributed by atoms with Crippen LogP contribution in [0.1, 0.15) is 0 Å². The van der Waals surface area contributed by atoms with Gasteiger partial charge < -0.3 is 79.9 Å². The molecule has 3 aliphatic rings. The molecule has 0 amide bonds. The van der Waals surface area contributed by atoms with Crippen molar-refractivity contribution in [3.05, 3.63) is 0 Å². The van der Waals surface area contributed by atoms with Gasteiger partial charge >= 0.3 is 0 Å². The van der Waals surface area contributed by atoms with Gasteiger partial charge in [-0.1, -0.05) is 0 Å². The summed E-state index contributed by atoms with van der Waals surface area (Å²) in [5.41, 5.74) is 0. The highest BCUT2D eigenvalue weighted by Crippen LogP contribution is 2.32. The van der Waals surface area contributed by atoms with Crippen molar-refractivity contribution < 1.29 is 79.9 Å². The molecule has 0 spiro atoms. The summed E-state index contributed by atoms with van der Waals surface area (Å²) in [5.74, 6) is 0. The van der Waals surface area contributed by atoms with E-state index in [0.29, 0.717) is 0 Å². The van der Waals surface area contributed by atoms with E-state index in [4.69, 9.17) is 23.7 Å². The van der Waals surface area contributed by atoms with Gasteiger partial charge in [0.25, 0.3) is 0 Å². The molecular weight excluding hydrogens is 472 g/mol. The molecule has 15 unspecified atom stereocenters. The summed E-state index contributed by atoms with van der Waals surface area (Å²) in [5, 5.41) is 109. The van der Waals surface area contributed by atoms with Crippen LogP contribution in [0, 0.1) is 0 Å². The third kappa shape index (κ3) is 5.37. The second-order valence-electron chi connectivity index (χ2n) is 8.34. The van der Waals surface area contributed by atoms with E-state index in [1.165, 1.54) is 0 Å². The lowest BCUT2D eigenvalue weighted by molar-refractivity contribution is -0.401. The van der Waals surface area contributed by atoms with Gasteiger partial charge in [-0.3, -0.25) is 0 Å². The first kappa shape index (κ1) is 27.9. The monoisotopic (exact) mass is 504 g/mol. The Hall–Kier alpha value is -0.640. The smallest absolute Gasteiger partial charge is 0.190 e. The molecule has 0 aliphatic carbocycles. The first-order valence-corrected chi connectivity index (χ1v) is 10.6. The van der Waals surface area contributed by atoms with Crippen molar-refractivity contribution >= 4 is 0 Å². The minimum absolute atomic E-state index is 0.762. The predicted molar refractivity (Wildman–Crippen MR) is 101 cm³/mol. The summed E-state index contributed by atoms with van der Waals surface area (Å²) in [6.07, 6.45) is -25.6. The maximum Gasteiger partial charge on any atom is 0.190 e. The zero-order chi connectivity index (χ0) is 25.3. The van der Waals surface area contributed by atoms with Crippen LogP contribution in [-0.2, 0) is 23.7 Å². The van der Waals surface area contributed by atoms with Crippen molar-refractivity contribution in [1.29, 1.82) is 0 Å². The Morgan fingerprint density at radius 2 is 0.765 bits per heavy atom. The molecule has 0 bridgehead atoms. The van der Waals surface area contributed by atoms with E-state index in [-0.39, 0.29) is 0 Å². The maximum absolute atomic E-state index is 10.6. The molecule has 0 aromatic rings. The van der Waals surface area contributed by atoms with Crippen molar-refractivity contribution in [2.75, 3.05) is 19.8 Å². The van der Waals surface area contributed by atoms with Gasteiger partial charge in [-0.2, -0.15) is 0 Å². The first-order valence-electron chi connectivity index (χ1n) is 10.6. The number of aliphatic hydroxyl groups is 11. The van der Waals surface area contributed by atoms with Crippen LogP contribution in [0.15, 0.2) is 0 Å². The zero-order valence-electron chi connectivity index (χ0n) is 17.7. The van der Waals surface area contributed by atoms with Gasteiger partial charge in [0.15, 0.2) is 18.9 Å². The topological polar surface area (TPSA) is 269 Å². The number of rotatable bonds is 7. The van der Waals surface area contributed by atoms with E-state index in [1.54, 1.807) is 0 Å². The molecule has 0 saturated carbocycles. The van der Waals surface area contributed by atoms with Crippen molar-refractivity contribution in [3.8, 4) is 0 Å². The quantitative estimate of drug-likeness (QED) is 0.154. The van der Waals surface area contributed by atoms with Crippen LogP contribution in [0.4, 0.5) is 0 Å². The van der Waals surface area contributed by atoms with Gasteiger partial charge in [0.05, 0.1) is 19.8 Å². The summed E-state index contributed by atoms with van der Waals surface area (Å²) in [7, 11) is 0. The highest BCUT2D eigenvalue weighted by molar-refractivity contribution is 4.95. The van der Waals surface area contributed by atoms with E-state index < -0.39 is 112 Å². The van der Waals surface area contributed by atoms with Gasteiger partial charge in [-0.25, -0.2) is 0 Å². The lowest BCUT2D eigenvalue weighted by Gasteiger charge is -2.47. The average molecular weight is 504 g/mol. The number of hydrogen-bond acceptors (Lipinski definition) is 16. The van der Waals surface area contributed by atoms with Gasteiger partial charge in [0.2, 0.25) is 0 Å². The van der Waals surface area contributed by atoms with Crippen LogP contribution in [0.3, 0.4) is 0 Å². The first-order chi connectivity index (χ1) is 16.0. The molecule has 3 rings (SSSR count). The van der Waals surface area contributed by atoms with E-state index in [0.717, 1.165) is 0 Å². The van der Waals surface area contributed by atoms with Crippen LogP contribution >= 0.6 is 0 Å². The van der Waals surface area contributed by atoms with Crippen LogP contribution in [0.5, 0.6) is 0 Å². The Morgan fingerprint density at radius 1 is 0.412 bits per heavy atom. The molecule has 3 aliphatic heterocycles. The number of hydrogen-bond donors (Lipinski definition) is 11. The summed E-state index contributed by atoms with van der Waals surface area (Å²) < 4.78 is 26.8. The van der Waals surface area contributed by atoms with Crippen molar-refractivity contribution in [2.45, 2.75) is 92.1 Å². The fraction of sp³-hybridized carbons (Fsp3) is 1.00. The predicted octanol–water partition coefficient (Wildman–Crippen LogP) is -7.57. The van der Waals surface area contributed by atoms with Gasteiger partial charge in [-0.05, 0) is 0 Å². The standard InChI is InChI=1S/C18H32O16/c19-1-4-7(22)10(25)13(28)16(30-4)33-15-12(27)9(24)6(3-21)32-18(15)34-17-14(29)11(26)8(23)5(2-20)31-17/h4-29H,1-3H2. The zero-order valence-corrected chi connectivity index (χ0v) is 17.7. The van der Waals surface area contributed by atoms with E-state index in [1.807, 2.05) is 0 Å². The Kier molecular flexibility index (Phi) is 9.54. The molecule has 3 saturated heterocycles. The van der Waals surface area contributed by atoms with Crippen molar-refractivity contribution in [2.24, 2.45) is 0 Å². The molecule has 0 aromatic carbocycles. The third-order valence-electron chi connectivity index (χ3n) is 6.08. The number of ether oxygens (including phenoxy) is 5. The van der Waals surface area contributed by atoms with E-state index in [9.17, 15) is 56.2 Å². The molecule has 0 aromatic heterocycles. The Labute approximate surface area is 192 Å². The normalized spacial score (nSPS) is 52.5. The van der Waals surface area contributed by atoms with Crippen molar-refractivity contribution in [1.82, 2.24) is 0 Å². The minimum Gasteiger partial charge on any atom is -0.394 e. The molecule has 11 N–H and O–H groups in total. The van der Waals surface area contributed by atoms with E-state index >= 15 is 0 Å². The highest BCUT2D eigenvalue weighted by Gasteiger charge is 2.53. The largest absolute Gasteiger partial charge is 0.394 e. The summed E-state index contributed by atoms with van der Waals surface area (Å²) in [4.78, 5) is 0. The van der Waals surface area contributed by atoms with Crippen LogP contribution in [0.25, 0.3) is 0 Å². The molecule has 0 radical (unpaired) electrons. The molecular formula is C18H32O16. The Bertz CT molecular complexity index is 637. The summed E-state index contributed by atoms with van der Waals surface area (Å²) >= 11 is 0. The second-order valence-corrected chi connectivity index (χ2v) is 8.34. The average Bonchev–Trinajstić information content (AvgIpc) is 2.83. The van der Waals surface area contributed by atoms with Gasteiger partial charge in [-0.15, -0.1) is 0 Å². The third-order valence-corrected chi connectivity index (χ3v) is 6.08. The summed E-state index contributed by atoms with van der Waals surface area (Å²) in [6, 6.07) is 0. The molecule has 15 atom stereocenters. The minimum atomic E-state index is -1.88. The van der Waals surface area contributed by atoms with Crippen molar-refractivity contribution in [3.63, 3.8) is 0 Å². The summed E-state index contributed by atoms with van der Waals surface area (Å²) in [6.45, 7) is -2.32. The Balaban J connectivity index is 1.81. The van der Waals surface area contributed by atoms with Crippen LogP contribution in [0.2, 0.25) is 0 Å². The lowest BCUT2D eigenvalue weighted by atomic mass is 9.97. The molecule has 34 heavy (non-hydrogen) atoms. The van der Waals surface area contributed by atoms with E-state index in [2.05, 4.69) is 0 Å². The van der Waals surface area contributed by atoms with Gasteiger partial charge in [0.1, 0.15) is 73.2 Å².